The minimum Gasteiger partial charge on any atom is -0.379 e. The van der Waals surface area contributed by atoms with Gasteiger partial charge in [-0.25, -0.2) is 8.78 Å². The van der Waals surface area contributed by atoms with Crippen molar-refractivity contribution in [1.29, 1.82) is 5.26 Å². The lowest BCUT2D eigenvalue weighted by Crippen LogP contribution is -2.03. The predicted octanol–water partition coefficient (Wildman–Crippen LogP) is 4.10. The van der Waals surface area contributed by atoms with Crippen molar-refractivity contribution < 1.29 is 8.78 Å². The number of rotatable bonds is 3. The molecule has 0 fully saturated rings. The van der Waals surface area contributed by atoms with E-state index in [4.69, 9.17) is 16.9 Å². The van der Waals surface area contributed by atoms with Crippen molar-refractivity contribution in [1.82, 2.24) is 0 Å². The Bertz CT molecular complexity index is 650. The lowest BCUT2D eigenvalue weighted by molar-refractivity contribution is 0.508. The van der Waals surface area contributed by atoms with Crippen molar-refractivity contribution in [2.75, 3.05) is 5.32 Å². The van der Waals surface area contributed by atoms with Crippen LogP contribution in [0.3, 0.4) is 0 Å². The van der Waals surface area contributed by atoms with Crippen LogP contribution in [0.5, 0.6) is 0 Å². The minimum absolute atomic E-state index is 0.0106. The fourth-order valence-corrected chi connectivity index (χ4v) is 1.83. The number of halogens is 3. The Morgan fingerprint density at radius 3 is 2.63 bits per heavy atom. The van der Waals surface area contributed by atoms with E-state index in [0.717, 1.165) is 5.56 Å². The second-order valence-electron chi connectivity index (χ2n) is 3.88. The molecule has 0 aliphatic heterocycles. The third kappa shape index (κ3) is 3.01. The summed E-state index contributed by atoms with van der Waals surface area (Å²) in [6.45, 7) is 0.308. The van der Waals surface area contributed by atoms with Crippen molar-refractivity contribution in [3.8, 4) is 6.07 Å². The van der Waals surface area contributed by atoms with Gasteiger partial charge in [0.2, 0.25) is 0 Å². The molecule has 0 spiro atoms. The molecule has 0 amide bonds. The van der Waals surface area contributed by atoms with E-state index in [-0.39, 0.29) is 11.3 Å². The van der Waals surface area contributed by atoms with Crippen LogP contribution in [-0.4, -0.2) is 0 Å². The molecule has 0 aromatic heterocycles. The van der Waals surface area contributed by atoms with Gasteiger partial charge < -0.3 is 5.32 Å². The second kappa shape index (κ2) is 5.68. The van der Waals surface area contributed by atoms with Crippen LogP contribution in [0, 0.1) is 23.0 Å². The largest absolute Gasteiger partial charge is 0.379 e. The maximum Gasteiger partial charge on any atom is 0.183 e. The first kappa shape index (κ1) is 13.3. The highest BCUT2D eigenvalue weighted by Gasteiger charge is 2.12. The normalized spacial score (nSPS) is 10.0. The van der Waals surface area contributed by atoms with Crippen LogP contribution in [0.2, 0.25) is 5.02 Å². The van der Waals surface area contributed by atoms with Crippen molar-refractivity contribution in [3.63, 3.8) is 0 Å². The van der Waals surface area contributed by atoms with Crippen LogP contribution < -0.4 is 5.32 Å². The second-order valence-corrected chi connectivity index (χ2v) is 4.32. The molecule has 0 aliphatic rings. The Labute approximate surface area is 114 Å². The molecule has 0 saturated heterocycles. The standard InChI is InChI=1S/C14H9ClF2N2/c15-11-3-1-2-9(6-11)8-19-12-5-4-10(7-18)13(16)14(12)17/h1-6,19H,8H2. The molecule has 2 nitrogen and oxygen atoms in total. The van der Waals surface area contributed by atoms with Crippen molar-refractivity contribution >= 4 is 17.3 Å². The van der Waals surface area contributed by atoms with Gasteiger partial charge in [-0.3, -0.25) is 0 Å². The van der Waals surface area contributed by atoms with Gasteiger partial charge in [0.15, 0.2) is 11.6 Å². The van der Waals surface area contributed by atoms with Gasteiger partial charge in [0, 0.05) is 11.6 Å². The number of benzene rings is 2. The first-order valence-electron chi connectivity index (χ1n) is 5.48. The highest BCUT2D eigenvalue weighted by Crippen LogP contribution is 2.21. The van der Waals surface area contributed by atoms with E-state index in [1.54, 1.807) is 24.3 Å². The zero-order valence-electron chi connectivity index (χ0n) is 9.75. The summed E-state index contributed by atoms with van der Waals surface area (Å²) in [6.07, 6.45) is 0. The van der Waals surface area contributed by atoms with E-state index in [1.165, 1.54) is 12.1 Å². The maximum absolute atomic E-state index is 13.6. The maximum atomic E-state index is 13.6. The highest BCUT2D eigenvalue weighted by molar-refractivity contribution is 6.30. The number of nitrogens with one attached hydrogen (secondary N) is 1. The Hall–Kier alpha value is -2.12. The fourth-order valence-electron chi connectivity index (χ4n) is 1.62. The molecular weight excluding hydrogens is 270 g/mol. The van der Waals surface area contributed by atoms with Gasteiger partial charge in [-0.15, -0.1) is 0 Å². The Morgan fingerprint density at radius 1 is 1.16 bits per heavy atom. The molecule has 0 aliphatic carbocycles. The van der Waals surface area contributed by atoms with Gasteiger partial charge in [-0.2, -0.15) is 5.26 Å². The smallest absolute Gasteiger partial charge is 0.183 e. The summed E-state index contributed by atoms with van der Waals surface area (Å²) in [5, 5.41) is 11.9. The molecule has 5 heteroatoms. The molecule has 2 rings (SSSR count). The number of hydrogen-bond donors (Lipinski definition) is 1. The van der Waals surface area contributed by atoms with Gasteiger partial charge >= 0.3 is 0 Å². The first-order chi connectivity index (χ1) is 9.11. The van der Waals surface area contributed by atoms with E-state index in [9.17, 15) is 8.78 Å². The average molecular weight is 279 g/mol. The number of anilines is 1. The van der Waals surface area contributed by atoms with Crippen LogP contribution in [-0.2, 0) is 6.54 Å². The van der Waals surface area contributed by atoms with E-state index >= 15 is 0 Å². The monoisotopic (exact) mass is 278 g/mol. The van der Waals surface area contributed by atoms with Crippen LogP contribution >= 0.6 is 11.6 Å². The average Bonchev–Trinajstić information content (AvgIpc) is 2.41. The molecule has 2 aromatic carbocycles. The summed E-state index contributed by atoms with van der Waals surface area (Å²) in [5.74, 6) is -2.19. The molecule has 2 aromatic rings. The predicted molar refractivity (Wildman–Crippen MR) is 69.9 cm³/mol. The van der Waals surface area contributed by atoms with Crippen molar-refractivity contribution in [3.05, 3.63) is 64.2 Å². The molecule has 96 valence electrons. The third-order valence-corrected chi connectivity index (χ3v) is 2.81. The lowest BCUT2D eigenvalue weighted by Gasteiger charge is -2.09. The molecule has 0 saturated carbocycles. The quantitative estimate of drug-likeness (QED) is 0.917. The zero-order chi connectivity index (χ0) is 13.8. The van der Waals surface area contributed by atoms with Gasteiger partial charge in [0.1, 0.15) is 6.07 Å². The fraction of sp³-hybridized carbons (Fsp3) is 0.0714. The van der Waals surface area contributed by atoms with Gasteiger partial charge in [-0.05, 0) is 29.8 Å². The van der Waals surface area contributed by atoms with Gasteiger partial charge in [0.25, 0.3) is 0 Å². The third-order valence-electron chi connectivity index (χ3n) is 2.57. The Balaban J connectivity index is 2.17. The summed E-state index contributed by atoms with van der Waals surface area (Å²) >= 11 is 5.82. The molecule has 19 heavy (non-hydrogen) atoms. The zero-order valence-corrected chi connectivity index (χ0v) is 10.5. The summed E-state index contributed by atoms with van der Waals surface area (Å²) < 4.78 is 27.0. The summed E-state index contributed by atoms with van der Waals surface area (Å²) in [7, 11) is 0. The summed E-state index contributed by atoms with van der Waals surface area (Å²) in [6, 6.07) is 11.2. The van der Waals surface area contributed by atoms with E-state index in [1.807, 2.05) is 6.07 Å². The van der Waals surface area contributed by atoms with Crippen LogP contribution in [0.1, 0.15) is 11.1 Å². The van der Waals surface area contributed by atoms with Gasteiger partial charge in [-0.1, -0.05) is 23.7 Å². The van der Waals surface area contributed by atoms with Crippen LogP contribution in [0.15, 0.2) is 36.4 Å². The molecule has 1 N–H and O–H groups in total. The first-order valence-corrected chi connectivity index (χ1v) is 5.86. The van der Waals surface area contributed by atoms with Gasteiger partial charge in [0.05, 0.1) is 11.3 Å². The molecule has 0 unspecified atom stereocenters. The van der Waals surface area contributed by atoms with E-state index in [0.29, 0.717) is 11.6 Å². The van der Waals surface area contributed by atoms with E-state index in [2.05, 4.69) is 5.32 Å². The molecular formula is C14H9ClF2N2. The minimum atomic E-state index is -1.14. The van der Waals surface area contributed by atoms with Crippen molar-refractivity contribution in [2.24, 2.45) is 0 Å². The van der Waals surface area contributed by atoms with Crippen LogP contribution in [0.4, 0.5) is 14.5 Å². The van der Waals surface area contributed by atoms with Crippen molar-refractivity contribution in [2.45, 2.75) is 6.54 Å². The Morgan fingerprint density at radius 2 is 1.95 bits per heavy atom. The lowest BCUT2D eigenvalue weighted by atomic mass is 10.2. The number of hydrogen-bond acceptors (Lipinski definition) is 2. The highest BCUT2D eigenvalue weighted by atomic mass is 35.5. The van der Waals surface area contributed by atoms with E-state index < -0.39 is 11.6 Å². The molecule has 0 bridgehead atoms. The molecule has 0 atom stereocenters. The molecule has 0 heterocycles. The summed E-state index contributed by atoms with van der Waals surface area (Å²) in [5.41, 5.74) is 0.541. The number of nitrogens with zero attached hydrogens (tertiary/aromatic N) is 1. The van der Waals surface area contributed by atoms with Crippen LogP contribution in [0.25, 0.3) is 0 Å². The Kier molecular flexibility index (Phi) is 3.98. The topological polar surface area (TPSA) is 35.8 Å². The summed E-state index contributed by atoms with van der Waals surface area (Å²) in [4.78, 5) is 0. The SMILES string of the molecule is N#Cc1ccc(NCc2cccc(Cl)c2)c(F)c1F. The number of nitriles is 1. The molecule has 0 radical (unpaired) electrons.